The summed E-state index contributed by atoms with van der Waals surface area (Å²) >= 11 is 39.9. The number of H-pyrrole nitrogens is 2. The first kappa shape index (κ1) is 49.5. The molecule has 0 radical (unpaired) electrons. The van der Waals surface area contributed by atoms with Crippen molar-refractivity contribution in [2.45, 2.75) is 103 Å². The third-order valence-electron chi connectivity index (χ3n) is 5.73. The van der Waals surface area contributed by atoms with Crippen LogP contribution < -0.4 is 30.0 Å². The van der Waals surface area contributed by atoms with E-state index in [0.717, 1.165) is 29.3 Å². The van der Waals surface area contributed by atoms with Gasteiger partial charge in [-0.2, -0.15) is 6.42 Å². The molecular formula is C30H40Cl7LiN8O2S2. The molecule has 0 amide bonds. The first-order valence-corrected chi connectivity index (χ1v) is 19.4. The number of rotatable bonds is 9. The summed E-state index contributed by atoms with van der Waals surface area (Å²) in [5.41, 5.74) is 3.33. The number of hydrogen-bond donors (Lipinski definition) is 2. The average Bonchev–Trinajstić information content (AvgIpc) is 3.60. The molecule has 274 valence electrons. The zero-order valence-corrected chi connectivity index (χ0v) is 36.0. The molecule has 2 N–H and O–H groups in total. The Morgan fingerprint density at radius 3 is 1.62 bits per heavy atom. The van der Waals surface area contributed by atoms with Crippen molar-refractivity contribution in [3.05, 3.63) is 86.5 Å². The molecule has 4 heterocycles. The number of nitrogens with zero attached hydrogens (tertiary/aromatic N) is 6. The van der Waals surface area contributed by atoms with E-state index in [1.807, 2.05) is 24.0 Å². The van der Waals surface area contributed by atoms with Gasteiger partial charge in [-0.1, -0.05) is 106 Å². The molecule has 0 aliphatic carbocycles. The molecule has 0 aromatic carbocycles. The van der Waals surface area contributed by atoms with Gasteiger partial charge in [0.15, 0.2) is 10.3 Å². The van der Waals surface area contributed by atoms with Crippen LogP contribution in [-0.2, 0) is 11.5 Å². The van der Waals surface area contributed by atoms with E-state index < -0.39 is 7.59 Å². The Kier molecular flexibility index (Phi) is 23.8. The van der Waals surface area contributed by atoms with Crippen molar-refractivity contribution in [3.63, 3.8) is 0 Å². The van der Waals surface area contributed by atoms with E-state index in [2.05, 4.69) is 76.0 Å². The van der Waals surface area contributed by atoms with E-state index in [1.165, 1.54) is 42.1 Å². The average molecular weight is 864 g/mol. The molecule has 50 heavy (non-hydrogen) atoms. The molecule has 0 spiro atoms. The number of nitrogens with one attached hydrogen (secondary N) is 2. The molecule has 0 unspecified atom stereocenters. The second-order valence-electron chi connectivity index (χ2n) is 10.7. The van der Waals surface area contributed by atoms with Gasteiger partial charge in [0.2, 0.25) is 12.9 Å². The van der Waals surface area contributed by atoms with Gasteiger partial charge < -0.3 is 26.0 Å². The van der Waals surface area contributed by atoms with E-state index >= 15 is 0 Å². The van der Waals surface area contributed by atoms with Gasteiger partial charge in [-0.15, -0.1) is 0 Å². The number of hydrogen-bond acceptors (Lipinski definition) is 8. The zero-order valence-electron chi connectivity index (χ0n) is 29.0. The standard InChI is InChI=1S/C12H15ClN4OS.C12H16N4OS.C4H9.C2Cl6.Li/c1-7(2)17-9(5-14-11(17)13)6-19-12-15-8(3)4-10(18)16-12;1-8(2)16-7-13-5-10(16)6-18-12-14-9(3)4-11(17)15-12;1-3-4-2;3-1(4,5)2(6,7)8;/h4-5,7H,6H2,1-3H3,(H,15,16,18);4-5,7-8H,6H2,1-3H3,(H,14,15,17);1,3-4H2,2H3;;/q;;-1;;+1. The van der Waals surface area contributed by atoms with Gasteiger partial charge in [-0.05, 0) is 53.1 Å². The zero-order chi connectivity index (χ0) is 37.5. The van der Waals surface area contributed by atoms with Gasteiger partial charge in [0.25, 0.3) is 11.1 Å². The maximum atomic E-state index is 11.4. The van der Waals surface area contributed by atoms with Crippen molar-refractivity contribution < 1.29 is 18.9 Å². The number of thioether (sulfide) groups is 2. The summed E-state index contributed by atoms with van der Waals surface area (Å²) < 4.78 is 0.374. The maximum absolute atomic E-state index is 11.4. The van der Waals surface area contributed by atoms with Crippen molar-refractivity contribution in [1.82, 2.24) is 39.0 Å². The SMILES string of the molecule is Cc1cc(=O)[nH]c(SCc2cnc(Cl)n2C(C)C)n1.Cc1cc(=O)[nH]c(SCc2cncn2C(C)C)n1.ClC(Cl)(Cl)C(Cl)(Cl)Cl.[CH2-]CCC.[Li+]. The van der Waals surface area contributed by atoms with Gasteiger partial charge in [0.05, 0.1) is 12.5 Å². The molecule has 20 heteroatoms. The molecule has 4 aromatic rings. The second kappa shape index (κ2) is 24.0. The number of unbranched alkanes of at least 4 members (excludes halogenated alkanes) is 1. The summed E-state index contributed by atoms with van der Waals surface area (Å²) in [4.78, 5) is 44.9. The van der Waals surface area contributed by atoms with Gasteiger partial charge in [-0.25, -0.2) is 19.9 Å². The summed E-state index contributed by atoms with van der Waals surface area (Å²) in [6.07, 6.45) is 7.71. The van der Waals surface area contributed by atoms with Crippen LogP contribution in [-0.4, -0.2) is 46.6 Å². The van der Waals surface area contributed by atoms with E-state index in [1.54, 1.807) is 13.1 Å². The minimum atomic E-state index is -1.85. The molecule has 0 fully saturated rings. The quantitative estimate of drug-likeness (QED) is 0.0591. The molecule has 0 bridgehead atoms. The predicted molar refractivity (Wildman–Crippen MR) is 209 cm³/mol. The van der Waals surface area contributed by atoms with Crippen LogP contribution in [0.2, 0.25) is 5.28 Å². The Morgan fingerprint density at radius 2 is 1.26 bits per heavy atom. The van der Waals surface area contributed by atoms with Crippen LogP contribution in [0.15, 0.2) is 50.8 Å². The van der Waals surface area contributed by atoms with E-state index in [0.29, 0.717) is 33.1 Å². The summed E-state index contributed by atoms with van der Waals surface area (Å²) in [6.45, 7) is 17.7. The second-order valence-corrected chi connectivity index (χ2v) is 17.5. The predicted octanol–water partition coefficient (Wildman–Crippen LogP) is 7.30. The molecular weight excluding hydrogens is 824 g/mol. The number of aromatic nitrogens is 8. The Labute approximate surface area is 349 Å². The molecule has 10 nitrogen and oxygen atoms in total. The summed E-state index contributed by atoms with van der Waals surface area (Å²) in [6, 6.07) is 3.59. The van der Waals surface area contributed by atoms with E-state index in [9.17, 15) is 9.59 Å². The van der Waals surface area contributed by atoms with Crippen molar-refractivity contribution in [1.29, 1.82) is 0 Å². The molecule has 4 rings (SSSR count). The third kappa shape index (κ3) is 18.5. The first-order chi connectivity index (χ1) is 22.7. The van der Waals surface area contributed by atoms with Crippen LogP contribution in [0.4, 0.5) is 0 Å². The molecule has 0 saturated carbocycles. The van der Waals surface area contributed by atoms with Crippen molar-refractivity contribution in [2.75, 3.05) is 0 Å². The fraction of sp³-hybridized carbons (Fsp3) is 0.500. The van der Waals surface area contributed by atoms with Gasteiger partial charge in [-0.3, -0.25) is 9.59 Å². The topological polar surface area (TPSA) is 127 Å². The maximum Gasteiger partial charge on any atom is 1.00 e. The van der Waals surface area contributed by atoms with E-state index in [-0.39, 0.29) is 36.0 Å². The summed E-state index contributed by atoms with van der Waals surface area (Å²) in [5, 5.41) is 1.74. The Hall–Kier alpha value is -0.493. The molecule has 0 aliphatic heterocycles. The van der Waals surface area contributed by atoms with Crippen molar-refractivity contribution in [3.8, 4) is 0 Å². The third-order valence-corrected chi connectivity index (χ3v) is 10.4. The fourth-order valence-corrected chi connectivity index (χ4v) is 5.58. The van der Waals surface area contributed by atoms with Crippen LogP contribution in [0.25, 0.3) is 0 Å². The number of aryl methyl sites for hydroxylation is 2. The fourth-order valence-electron chi connectivity index (χ4n) is 3.46. The molecule has 0 atom stereocenters. The Morgan fingerprint density at radius 1 is 0.820 bits per heavy atom. The van der Waals surface area contributed by atoms with Crippen LogP contribution >= 0.6 is 105 Å². The Balaban J connectivity index is 0.000000721. The van der Waals surface area contributed by atoms with Gasteiger partial charge >= 0.3 is 18.9 Å². The molecule has 0 saturated heterocycles. The van der Waals surface area contributed by atoms with Crippen LogP contribution in [0.3, 0.4) is 0 Å². The number of halogens is 7. The number of imidazole rings is 2. The monoisotopic (exact) mass is 860 g/mol. The number of aromatic amines is 2. The van der Waals surface area contributed by atoms with Crippen molar-refractivity contribution >= 4 is 105 Å². The van der Waals surface area contributed by atoms with Crippen LogP contribution in [0.5, 0.6) is 0 Å². The Bertz CT molecular complexity index is 1670. The molecule has 0 aliphatic rings. The van der Waals surface area contributed by atoms with Crippen LogP contribution in [0.1, 0.15) is 82.3 Å². The smallest absolute Gasteiger partial charge is 0.343 e. The minimum absolute atomic E-state index is 0. The number of alkyl halides is 6. The molecule has 4 aromatic heterocycles. The van der Waals surface area contributed by atoms with Crippen LogP contribution in [0, 0.1) is 20.8 Å². The van der Waals surface area contributed by atoms with Gasteiger partial charge in [0, 0.05) is 64.7 Å². The first-order valence-electron chi connectivity index (χ1n) is 14.8. The normalized spacial score (nSPS) is 11.1. The van der Waals surface area contributed by atoms with Gasteiger partial charge in [0.1, 0.15) is 0 Å². The summed E-state index contributed by atoms with van der Waals surface area (Å²) in [5.74, 6) is 1.40. The summed E-state index contributed by atoms with van der Waals surface area (Å²) in [7, 11) is 0. The largest absolute Gasteiger partial charge is 1.00 e. The van der Waals surface area contributed by atoms with Crippen molar-refractivity contribution in [2.24, 2.45) is 0 Å². The minimum Gasteiger partial charge on any atom is -0.343 e. The van der Waals surface area contributed by atoms with E-state index in [4.69, 9.17) is 81.2 Å².